The molecule has 1 atom stereocenters. The van der Waals surface area contributed by atoms with Crippen molar-refractivity contribution >= 4 is 22.7 Å². The fraction of sp³-hybridized carbons (Fsp3) is 0.533. The maximum atomic E-state index is 5.30. The molecule has 3 nitrogen and oxygen atoms in total. The topological polar surface area (TPSA) is 25.4 Å². The molecule has 0 aromatic carbocycles. The third-order valence-electron chi connectivity index (χ3n) is 3.71. The van der Waals surface area contributed by atoms with Gasteiger partial charge in [0.25, 0.3) is 0 Å². The molecule has 2 aromatic rings. The van der Waals surface area contributed by atoms with E-state index in [1.54, 1.807) is 18.4 Å². The molecular formula is C15H20N2OS2. The molecule has 0 bridgehead atoms. The van der Waals surface area contributed by atoms with E-state index in [1.165, 1.54) is 29.8 Å². The van der Waals surface area contributed by atoms with Crippen LogP contribution in [0.5, 0.6) is 0 Å². The standard InChI is InChI=1S/C15H20N2OS2/c1-18-10-12-3-2-5-17(8-12)9-14-7-16-15(20-14)13-4-6-19-11-13/h4,6-7,11-12H,2-3,5,8-10H2,1H3/t12-/m1/s1. The van der Waals surface area contributed by atoms with Gasteiger partial charge in [-0.15, -0.1) is 11.3 Å². The van der Waals surface area contributed by atoms with E-state index in [2.05, 4.69) is 26.7 Å². The van der Waals surface area contributed by atoms with Crippen molar-refractivity contribution in [1.82, 2.24) is 9.88 Å². The first kappa shape index (κ1) is 14.2. The van der Waals surface area contributed by atoms with E-state index in [4.69, 9.17) is 4.74 Å². The molecule has 1 fully saturated rings. The van der Waals surface area contributed by atoms with Crippen molar-refractivity contribution < 1.29 is 4.74 Å². The summed E-state index contributed by atoms with van der Waals surface area (Å²) in [6.45, 7) is 4.27. The largest absolute Gasteiger partial charge is 0.384 e. The van der Waals surface area contributed by atoms with Crippen LogP contribution in [-0.2, 0) is 11.3 Å². The lowest BCUT2D eigenvalue weighted by Gasteiger charge is -2.31. The highest BCUT2D eigenvalue weighted by Gasteiger charge is 2.20. The number of rotatable bonds is 5. The molecule has 0 unspecified atom stereocenters. The number of nitrogens with zero attached hydrogens (tertiary/aromatic N) is 2. The molecule has 1 aliphatic rings. The Balaban J connectivity index is 1.60. The fourth-order valence-electron chi connectivity index (χ4n) is 2.79. The van der Waals surface area contributed by atoms with Gasteiger partial charge in [-0.1, -0.05) is 0 Å². The number of thiazole rings is 1. The van der Waals surface area contributed by atoms with Gasteiger partial charge < -0.3 is 4.74 Å². The van der Waals surface area contributed by atoms with E-state index in [9.17, 15) is 0 Å². The van der Waals surface area contributed by atoms with Gasteiger partial charge in [-0.2, -0.15) is 11.3 Å². The first-order chi connectivity index (χ1) is 9.85. The van der Waals surface area contributed by atoms with Gasteiger partial charge >= 0.3 is 0 Å². The second-order valence-electron chi connectivity index (χ2n) is 5.34. The molecular weight excluding hydrogens is 288 g/mol. The Morgan fingerprint density at radius 2 is 2.45 bits per heavy atom. The van der Waals surface area contributed by atoms with Crippen molar-refractivity contribution in [1.29, 1.82) is 0 Å². The molecule has 3 rings (SSSR count). The lowest BCUT2D eigenvalue weighted by molar-refractivity contribution is 0.0878. The second kappa shape index (κ2) is 6.80. The minimum atomic E-state index is 0.693. The van der Waals surface area contributed by atoms with Crippen LogP contribution in [0.15, 0.2) is 23.0 Å². The number of thiophene rings is 1. The van der Waals surface area contributed by atoms with Crippen molar-refractivity contribution in [2.24, 2.45) is 5.92 Å². The maximum absolute atomic E-state index is 5.30. The smallest absolute Gasteiger partial charge is 0.124 e. The minimum absolute atomic E-state index is 0.693. The molecule has 0 amide bonds. The van der Waals surface area contributed by atoms with Crippen molar-refractivity contribution in [2.75, 3.05) is 26.8 Å². The third kappa shape index (κ3) is 3.47. The summed E-state index contributed by atoms with van der Waals surface area (Å²) in [4.78, 5) is 8.46. The number of aromatic nitrogens is 1. The van der Waals surface area contributed by atoms with Gasteiger partial charge in [0, 0.05) is 42.2 Å². The molecule has 1 aliphatic heterocycles. The number of piperidine rings is 1. The molecule has 1 saturated heterocycles. The zero-order valence-electron chi connectivity index (χ0n) is 11.7. The zero-order valence-corrected chi connectivity index (χ0v) is 13.4. The van der Waals surface area contributed by atoms with E-state index in [-0.39, 0.29) is 0 Å². The van der Waals surface area contributed by atoms with E-state index in [0.717, 1.165) is 24.7 Å². The molecule has 108 valence electrons. The summed E-state index contributed by atoms with van der Waals surface area (Å²) in [6.07, 6.45) is 4.62. The molecule has 0 N–H and O–H groups in total. The Bertz CT molecular complexity index is 522. The highest BCUT2D eigenvalue weighted by atomic mass is 32.1. The van der Waals surface area contributed by atoms with Crippen LogP contribution in [0.25, 0.3) is 10.6 Å². The molecule has 0 spiro atoms. The SMILES string of the molecule is COC[C@@H]1CCCN(Cc2cnc(-c3ccsc3)s2)C1. The average molecular weight is 308 g/mol. The number of hydrogen-bond acceptors (Lipinski definition) is 5. The molecule has 5 heteroatoms. The maximum Gasteiger partial charge on any atom is 0.124 e. The van der Waals surface area contributed by atoms with Crippen LogP contribution in [-0.4, -0.2) is 36.7 Å². The fourth-order valence-corrected chi connectivity index (χ4v) is 4.45. The monoisotopic (exact) mass is 308 g/mol. The first-order valence-corrected chi connectivity index (χ1v) is 8.79. The number of likely N-dealkylation sites (tertiary alicyclic amines) is 1. The van der Waals surface area contributed by atoms with Crippen LogP contribution in [0.1, 0.15) is 17.7 Å². The van der Waals surface area contributed by atoms with E-state index in [0.29, 0.717) is 5.92 Å². The second-order valence-corrected chi connectivity index (χ2v) is 7.24. The Hall–Kier alpha value is -0.750. The van der Waals surface area contributed by atoms with Crippen molar-refractivity contribution in [3.8, 4) is 10.6 Å². The van der Waals surface area contributed by atoms with E-state index in [1.807, 2.05) is 17.5 Å². The van der Waals surface area contributed by atoms with Crippen molar-refractivity contribution in [3.05, 3.63) is 27.9 Å². The van der Waals surface area contributed by atoms with Gasteiger partial charge in [0.2, 0.25) is 0 Å². The summed E-state index contributed by atoms with van der Waals surface area (Å²) >= 11 is 3.55. The third-order valence-corrected chi connectivity index (χ3v) is 5.42. The lowest BCUT2D eigenvalue weighted by atomic mass is 9.99. The molecule has 0 aliphatic carbocycles. The predicted molar refractivity (Wildman–Crippen MR) is 85.3 cm³/mol. The quantitative estimate of drug-likeness (QED) is 0.841. The zero-order chi connectivity index (χ0) is 13.8. The number of ether oxygens (including phenoxy) is 1. The van der Waals surface area contributed by atoms with E-state index >= 15 is 0 Å². The number of methoxy groups -OCH3 is 1. The van der Waals surface area contributed by atoms with Gasteiger partial charge in [-0.05, 0) is 36.8 Å². The Kier molecular flexibility index (Phi) is 4.83. The van der Waals surface area contributed by atoms with Crippen LogP contribution < -0.4 is 0 Å². The molecule has 0 radical (unpaired) electrons. The Morgan fingerprint density at radius 3 is 3.25 bits per heavy atom. The lowest BCUT2D eigenvalue weighted by Crippen LogP contribution is -2.36. The summed E-state index contributed by atoms with van der Waals surface area (Å²) in [7, 11) is 1.80. The highest BCUT2D eigenvalue weighted by Crippen LogP contribution is 2.28. The predicted octanol–water partition coefficient (Wildman–Crippen LogP) is 3.73. The summed E-state index contributed by atoms with van der Waals surface area (Å²) in [5.74, 6) is 0.693. The van der Waals surface area contributed by atoms with Gasteiger partial charge in [-0.3, -0.25) is 4.90 Å². The summed E-state index contributed by atoms with van der Waals surface area (Å²) in [5.41, 5.74) is 1.25. The van der Waals surface area contributed by atoms with Crippen molar-refractivity contribution in [3.63, 3.8) is 0 Å². The van der Waals surface area contributed by atoms with Crippen molar-refractivity contribution in [2.45, 2.75) is 19.4 Å². The van der Waals surface area contributed by atoms with E-state index < -0.39 is 0 Å². The van der Waals surface area contributed by atoms with Gasteiger partial charge in [0.1, 0.15) is 5.01 Å². The van der Waals surface area contributed by atoms with Gasteiger partial charge in [0.15, 0.2) is 0 Å². The van der Waals surface area contributed by atoms with Crippen LogP contribution in [0.2, 0.25) is 0 Å². The van der Waals surface area contributed by atoms with Gasteiger partial charge in [-0.25, -0.2) is 4.98 Å². The van der Waals surface area contributed by atoms with Crippen LogP contribution >= 0.6 is 22.7 Å². The molecule has 0 saturated carbocycles. The molecule has 2 aromatic heterocycles. The average Bonchev–Trinajstić information content (AvgIpc) is 3.10. The van der Waals surface area contributed by atoms with Crippen LogP contribution in [0.3, 0.4) is 0 Å². The van der Waals surface area contributed by atoms with Crippen LogP contribution in [0.4, 0.5) is 0 Å². The minimum Gasteiger partial charge on any atom is -0.384 e. The highest BCUT2D eigenvalue weighted by molar-refractivity contribution is 7.15. The molecule has 3 heterocycles. The number of hydrogen-bond donors (Lipinski definition) is 0. The normalized spacial score (nSPS) is 20.4. The van der Waals surface area contributed by atoms with Gasteiger partial charge in [0.05, 0.1) is 6.61 Å². The summed E-state index contributed by atoms with van der Waals surface area (Å²) in [6, 6.07) is 2.14. The Labute approximate surface area is 128 Å². The first-order valence-electron chi connectivity index (χ1n) is 7.03. The summed E-state index contributed by atoms with van der Waals surface area (Å²) in [5, 5.41) is 5.42. The molecule has 20 heavy (non-hydrogen) atoms. The Morgan fingerprint density at radius 1 is 1.50 bits per heavy atom. The summed E-state index contributed by atoms with van der Waals surface area (Å²) < 4.78 is 5.30. The van der Waals surface area contributed by atoms with Crippen LogP contribution in [0, 0.1) is 5.92 Å².